The van der Waals surface area contributed by atoms with Crippen LogP contribution in [-0.4, -0.2) is 29.1 Å². The third-order valence-electron chi connectivity index (χ3n) is 10.9. The zero-order valence-corrected chi connectivity index (χ0v) is 30.1. The van der Waals surface area contributed by atoms with Crippen LogP contribution in [0.2, 0.25) is 0 Å². The number of nitrogens with zero attached hydrogens (tertiary/aromatic N) is 6. The molecule has 0 spiro atoms. The summed E-state index contributed by atoms with van der Waals surface area (Å²) in [4.78, 5) is 21.5. The molecule has 1 atom stereocenters. The summed E-state index contributed by atoms with van der Waals surface area (Å²) in [6.45, 7) is 2.24. The zero-order chi connectivity index (χ0) is 36.5. The Hall–Kier alpha value is -7.18. The number of benzene rings is 6. The normalized spacial score (nSPS) is 14.4. The van der Waals surface area contributed by atoms with Crippen molar-refractivity contribution >= 4 is 60.2 Å². The van der Waals surface area contributed by atoms with E-state index in [1.807, 2.05) is 36.4 Å². The summed E-state index contributed by atoms with van der Waals surface area (Å²) in [5.41, 5.74) is 11.5. The fourth-order valence-electron chi connectivity index (χ4n) is 8.29. The summed E-state index contributed by atoms with van der Waals surface area (Å²) in [6.07, 6.45) is 7.67. The SMILES string of the molecule is CC1C=CC(c2nc(-n3c4ccccc4c4c3ccc3c5ccccc5n(-c5ccccc5)c34)nc3c(-c4ccccc4)nc(-c4ccccc4)nc23)=CC1. The summed E-state index contributed by atoms with van der Waals surface area (Å²) < 4.78 is 4.64. The molecule has 1 unspecified atom stereocenters. The second kappa shape index (κ2) is 12.5. The van der Waals surface area contributed by atoms with Gasteiger partial charge in [-0.05, 0) is 48.2 Å². The number of para-hydroxylation sites is 3. The Bertz CT molecular complexity index is 3170. The van der Waals surface area contributed by atoms with Gasteiger partial charge in [-0.25, -0.2) is 19.9 Å². The highest BCUT2D eigenvalue weighted by atomic mass is 15.2. The van der Waals surface area contributed by atoms with Crippen LogP contribution in [0.1, 0.15) is 19.0 Å². The Morgan fingerprint density at radius 1 is 0.509 bits per heavy atom. The molecule has 0 bridgehead atoms. The molecule has 4 aromatic heterocycles. The summed E-state index contributed by atoms with van der Waals surface area (Å²) in [5, 5.41) is 4.71. The summed E-state index contributed by atoms with van der Waals surface area (Å²) in [7, 11) is 0. The van der Waals surface area contributed by atoms with E-state index in [0.29, 0.717) is 23.2 Å². The van der Waals surface area contributed by atoms with E-state index in [1.54, 1.807) is 0 Å². The molecule has 0 aliphatic heterocycles. The number of hydrogen-bond acceptors (Lipinski definition) is 4. The van der Waals surface area contributed by atoms with Gasteiger partial charge >= 0.3 is 0 Å². The van der Waals surface area contributed by atoms with E-state index in [1.165, 1.54) is 16.3 Å². The Morgan fingerprint density at radius 3 is 1.87 bits per heavy atom. The van der Waals surface area contributed by atoms with Crippen LogP contribution in [0.5, 0.6) is 0 Å². The van der Waals surface area contributed by atoms with Gasteiger partial charge in [0.25, 0.3) is 0 Å². The van der Waals surface area contributed by atoms with E-state index < -0.39 is 0 Å². The largest absolute Gasteiger partial charge is 0.309 e. The smallest absolute Gasteiger partial charge is 0.236 e. The van der Waals surface area contributed by atoms with Crippen molar-refractivity contribution < 1.29 is 0 Å². The number of fused-ring (bicyclic) bond motifs is 8. The third kappa shape index (κ3) is 4.95. The first-order chi connectivity index (χ1) is 27.2. The van der Waals surface area contributed by atoms with Crippen molar-refractivity contribution in [3.05, 3.63) is 176 Å². The van der Waals surface area contributed by atoms with E-state index in [0.717, 1.165) is 73.0 Å². The fraction of sp³-hybridized carbons (Fsp3) is 0.0612. The van der Waals surface area contributed by atoms with E-state index in [4.69, 9.17) is 19.9 Å². The number of hydrogen-bond donors (Lipinski definition) is 0. The number of allylic oxidation sites excluding steroid dienone is 4. The lowest BCUT2D eigenvalue weighted by molar-refractivity contribution is 0.738. The minimum absolute atomic E-state index is 0.446. The zero-order valence-electron chi connectivity index (χ0n) is 30.1. The van der Waals surface area contributed by atoms with Gasteiger partial charge in [-0.15, -0.1) is 0 Å². The van der Waals surface area contributed by atoms with Crippen LogP contribution in [-0.2, 0) is 0 Å². The van der Waals surface area contributed by atoms with Crippen LogP contribution in [0.4, 0.5) is 0 Å². The molecule has 0 N–H and O–H groups in total. The van der Waals surface area contributed by atoms with Crippen LogP contribution in [0.3, 0.4) is 0 Å². The number of aromatic nitrogens is 6. The van der Waals surface area contributed by atoms with Crippen molar-refractivity contribution in [2.75, 3.05) is 0 Å². The molecule has 6 nitrogen and oxygen atoms in total. The maximum absolute atomic E-state index is 5.50. The van der Waals surface area contributed by atoms with Crippen molar-refractivity contribution in [2.24, 2.45) is 5.92 Å². The van der Waals surface area contributed by atoms with Gasteiger partial charge in [-0.3, -0.25) is 4.57 Å². The van der Waals surface area contributed by atoms with Gasteiger partial charge in [0, 0.05) is 38.4 Å². The average Bonchev–Trinajstić information content (AvgIpc) is 3.77. The van der Waals surface area contributed by atoms with Crippen molar-refractivity contribution in [2.45, 2.75) is 13.3 Å². The molecule has 0 fully saturated rings. The molecule has 6 heteroatoms. The molecule has 1 aliphatic carbocycles. The maximum atomic E-state index is 5.50. The molecule has 11 rings (SSSR count). The van der Waals surface area contributed by atoms with E-state index in [2.05, 4.69) is 150 Å². The third-order valence-corrected chi connectivity index (χ3v) is 10.9. The average molecular weight is 707 g/mol. The fourth-order valence-corrected chi connectivity index (χ4v) is 8.29. The van der Waals surface area contributed by atoms with Crippen LogP contribution >= 0.6 is 0 Å². The van der Waals surface area contributed by atoms with Gasteiger partial charge < -0.3 is 4.57 Å². The van der Waals surface area contributed by atoms with Gasteiger partial charge in [-0.2, -0.15) is 0 Å². The van der Waals surface area contributed by atoms with E-state index >= 15 is 0 Å². The van der Waals surface area contributed by atoms with Gasteiger partial charge in [-0.1, -0.05) is 146 Å². The number of rotatable bonds is 5. The Morgan fingerprint density at radius 2 is 1.15 bits per heavy atom. The predicted molar refractivity (Wildman–Crippen MR) is 226 cm³/mol. The maximum Gasteiger partial charge on any atom is 0.236 e. The molecular formula is C49H34N6. The Kier molecular flexibility index (Phi) is 7.10. The first-order valence-corrected chi connectivity index (χ1v) is 18.8. The molecule has 6 aromatic carbocycles. The lowest BCUT2D eigenvalue weighted by Crippen LogP contribution is -2.09. The van der Waals surface area contributed by atoms with Gasteiger partial charge in [0.15, 0.2) is 5.82 Å². The molecule has 10 aromatic rings. The van der Waals surface area contributed by atoms with Crippen LogP contribution < -0.4 is 0 Å². The van der Waals surface area contributed by atoms with Crippen molar-refractivity contribution in [3.63, 3.8) is 0 Å². The Balaban J connectivity index is 1.28. The quantitative estimate of drug-likeness (QED) is 0.179. The molecule has 0 saturated carbocycles. The summed E-state index contributed by atoms with van der Waals surface area (Å²) in [6, 6.07) is 53.0. The van der Waals surface area contributed by atoms with E-state index in [9.17, 15) is 0 Å². The molecule has 260 valence electrons. The molecule has 4 heterocycles. The minimum Gasteiger partial charge on any atom is -0.309 e. The van der Waals surface area contributed by atoms with Crippen molar-refractivity contribution in [1.29, 1.82) is 0 Å². The first kappa shape index (κ1) is 31.4. The summed E-state index contributed by atoms with van der Waals surface area (Å²) in [5.74, 6) is 1.67. The highest BCUT2D eigenvalue weighted by molar-refractivity contribution is 6.26. The van der Waals surface area contributed by atoms with Crippen LogP contribution in [0, 0.1) is 5.92 Å². The van der Waals surface area contributed by atoms with Crippen molar-refractivity contribution in [1.82, 2.24) is 29.1 Å². The lowest BCUT2D eigenvalue weighted by Gasteiger charge is -2.17. The second-order valence-corrected chi connectivity index (χ2v) is 14.3. The Labute approximate surface area is 317 Å². The molecule has 55 heavy (non-hydrogen) atoms. The molecular weight excluding hydrogens is 673 g/mol. The standard InChI is InChI=1S/C49H34N6/c1-31-25-27-33(28-26-31)44-45-46(43(32-15-5-2-6-16-32)50-48(51-45)34-17-7-3-8-18-34)53-49(52-44)55-40-24-14-12-22-38(40)42-41(55)30-29-37-36-21-11-13-23-39(36)54(47(37)42)35-19-9-4-10-20-35/h2-25,27-31H,26H2,1H3. The second-order valence-electron chi connectivity index (χ2n) is 14.3. The van der Waals surface area contributed by atoms with Gasteiger partial charge in [0.1, 0.15) is 22.4 Å². The van der Waals surface area contributed by atoms with E-state index in [-0.39, 0.29) is 0 Å². The van der Waals surface area contributed by atoms with Gasteiger partial charge in [0.2, 0.25) is 5.95 Å². The molecule has 0 saturated heterocycles. The molecule has 0 radical (unpaired) electrons. The summed E-state index contributed by atoms with van der Waals surface area (Å²) >= 11 is 0. The topological polar surface area (TPSA) is 61.4 Å². The predicted octanol–water partition coefficient (Wildman–Crippen LogP) is 11.9. The molecule has 0 amide bonds. The highest BCUT2D eigenvalue weighted by Gasteiger charge is 2.25. The van der Waals surface area contributed by atoms with Crippen molar-refractivity contribution in [3.8, 4) is 34.3 Å². The monoisotopic (exact) mass is 706 g/mol. The lowest BCUT2D eigenvalue weighted by atomic mass is 9.96. The first-order valence-electron chi connectivity index (χ1n) is 18.8. The van der Waals surface area contributed by atoms with Crippen LogP contribution in [0.25, 0.3) is 94.5 Å². The molecule has 1 aliphatic rings. The minimum atomic E-state index is 0.446. The van der Waals surface area contributed by atoms with Gasteiger partial charge in [0.05, 0.1) is 22.1 Å². The highest BCUT2D eigenvalue weighted by Crippen LogP contribution is 2.42. The van der Waals surface area contributed by atoms with Crippen LogP contribution in [0.15, 0.2) is 170 Å².